The van der Waals surface area contributed by atoms with E-state index in [1.54, 1.807) is 23.1 Å². The highest BCUT2D eigenvalue weighted by Crippen LogP contribution is 2.05. The van der Waals surface area contributed by atoms with Crippen LogP contribution in [0.25, 0.3) is 0 Å². The highest BCUT2D eigenvalue weighted by atomic mass is 16.4. The van der Waals surface area contributed by atoms with E-state index < -0.39 is 5.97 Å². The molecule has 0 radical (unpaired) electrons. The number of unbranched alkanes of at least 4 members (excludes halogenated alkanes) is 1. The number of benzene rings is 1. The standard InChI is InChI=1S/C15H22N2O3/c1-3-5-9-17(4-2)15(20)16-11-12-7-6-8-13(10-12)14(18)19/h6-8,10H,3-5,9,11H2,1-2H3,(H,16,20)(H,18,19). The highest BCUT2D eigenvalue weighted by molar-refractivity contribution is 5.87. The Morgan fingerprint density at radius 1 is 1.30 bits per heavy atom. The number of nitrogens with one attached hydrogen (secondary N) is 1. The van der Waals surface area contributed by atoms with Gasteiger partial charge in [0.25, 0.3) is 0 Å². The minimum Gasteiger partial charge on any atom is -0.478 e. The van der Waals surface area contributed by atoms with Crippen LogP contribution in [0.3, 0.4) is 0 Å². The summed E-state index contributed by atoms with van der Waals surface area (Å²) in [5.74, 6) is -0.962. The fourth-order valence-corrected chi connectivity index (χ4v) is 1.86. The molecule has 1 aromatic rings. The largest absolute Gasteiger partial charge is 0.478 e. The lowest BCUT2D eigenvalue weighted by atomic mass is 10.1. The van der Waals surface area contributed by atoms with E-state index in [1.807, 2.05) is 6.92 Å². The van der Waals surface area contributed by atoms with Gasteiger partial charge >= 0.3 is 12.0 Å². The molecule has 1 rings (SSSR count). The zero-order chi connectivity index (χ0) is 15.0. The summed E-state index contributed by atoms with van der Waals surface area (Å²) in [5.41, 5.74) is 1.01. The van der Waals surface area contributed by atoms with Gasteiger partial charge in [-0.05, 0) is 31.0 Å². The van der Waals surface area contributed by atoms with Gasteiger partial charge in [0.15, 0.2) is 0 Å². The van der Waals surface area contributed by atoms with E-state index in [1.165, 1.54) is 6.07 Å². The van der Waals surface area contributed by atoms with Crippen molar-refractivity contribution in [2.24, 2.45) is 0 Å². The predicted octanol–water partition coefficient (Wildman–Crippen LogP) is 2.72. The molecule has 0 fully saturated rings. The summed E-state index contributed by atoms with van der Waals surface area (Å²) in [6.07, 6.45) is 2.03. The van der Waals surface area contributed by atoms with Crippen molar-refractivity contribution < 1.29 is 14.7 Å². The van der Waals surface area contributed by atoms with E-state index in [0.717, 1.165) is 24.9 Å². The molecule has 0 saturated heterocycles. The van der Waals surface area contributed by atoms with Crippen LogP contribution in [0, 0.1) is 0 Å². The second-order valence-corrected chi connectivity index (χ2v) is 4.60. The quantitative estimate of drug-likeness (QED) is 0.805. The Balaban J connectivity index is 2.55. The SMILES string of the molecule is CCCCN(CC)C(=O)NCc1cccc(C(=O)O)c1. The van der Waals surface area contributed by atoms with Crippen LogP contribution in [0.15, 0.2) is 24.3 Å². The van der Waals surface area contributed by atoms with Gasteiger partial charge in [0.05, 0.1) is 5.56 Å². The van der Waals surface area contributed by atoms with Gasteiger partial charge in [-0.25, -0.2) is 9.59 Å². The Kier molecular flexibility index (Phi) is 6.56. The molecular formula is C15H22N2O3. The first-order chi connectivity index (χ1) is 9.58. The van der Waals surface area contributed by atoms with E-state index in [-0.39, 0.29) is 11.6 Å². The van der Waals surface area contributed by atoms with Gasteiger partial charge in [-0.3, -0.25) is 0 Å². The number of rotatable bonds is 7. The zero-order valence-electron chi connectivity index (χ0n) is 12.1. The van der Waals surface area contributed by atoms with Crippen molar-refractivity contribution in [1.29, 1.82) is 0 Å². The van der Waals surface area contributed by atoms with Gasteiger partial charge in [0.2, 0.25) is 0 Å². The number of nitrogens with zero attached hydrogens (tertiary/aromatic N) is 1. The number of hydrogen-bond donors (Lipinski definition) is 2. The summed E-state index contributed by atoms with van der Waals surface area (Å²) in [4.78, 5) is 24.6. The Labute approximate surface area is 119 Å². The number of carbonyl (C=O) groups is 2. The monoisotopic (exact) mass is 278 g/mol. The summed E-state index contributed by atoms with van der Waals surface area (Å²) < 4.78 is 0. The maximum Gasteiger partial charge on any atom is 0.335 e. The lowest BCUT2D eigenvalue weighted by Crippen LogP contribution is -2.40. The second kappa shape index (κ2) is 8.19. The lowest BCUT2D eigenvalue weighted by molar-refractivity contribution is 0.0696. The van der Waals surface area contributed by atoms with Crippen LogP contribution in [-0.4, -0.2) is 35.1 Å². The van der Waals surface area contributed by atoms with Crippen LogP contribution < -0.4 is 5.32 Å². The topological polar surface area (TPSA) is 69.6 Å². The van der Waals surface area contributed by atoms with Gasteiger partial charge in [-0.2, -0.15) is 0 Å². The summed E-state index contributed by atoms with van der Waals surface area (Å²) in [5, 5.41) is 11.7. The smallest absolute Gasteiger partial charge is 0.335 e. The molecular weight excluding hydrogens is 256 g/mol. The first kappa shape index (κ1) is 16.0. The van der Waals surface area contributed by atoms with E-state index in [9.17, 15) is 9.59 Å². The van der Waals surface area contributed by atoms with Crippen molar-refractivity contribution in [2.75, 3.05) is 13.1 Å². The maximum absolute atomic E-state index is 12.0. The van der Waals surface area contributed by atoms with Crippen LogP contribution in [0.4, 0.5) is 4.79 Å². The second-order valence-electron chi connectivity index (χ2n) is 4.60. The number of amides is 2. The fraction of sp³-hybridized carbons (Fsp3) is 0.467. The molecule has 0 saturated carbocycles. The third-order valence-electron chi connectivity index (χ3n) is 3.07. The van der Waals surface area contributed by atoms with Crippen LogP contribution in [0.5, 0.6) is 0 Å². The molecule has 0 atom stereocenters. The number of urea groups is 1. The Morgan fingerprint density at radius 3 is 2.65 bits per heavy atom. The summed E-state index contributed by atoms with van der Waals surface area (Å²) in [6, 6.07) is 6.48. The minimum atomic E-state index is -0.962. The molecule has 5 nitrogen and oxygen atoms in total. The Hall–Kier alpha value is -2.04. The van der Waals surface area contributed by atoms with Gasteiger partial charge in [0, 0.05) is 19.6 Å². The van der Waals surface area contributed by atoms with Crippen molar-refractivity contribution in [3.05, 3.63) is 35.4 Å². The molecule has 0 spiro atoms. The molecule has 0 bridgehead atoms. The molecule has 5 heteroatoms. The normalized spacial score (nSPS) is 10.1. The molecule has 0 heterocycles. The molecule has 2 N–H and O–H groups in total. The van der Waals surface area contributed by atoms with Crippen molar-refractivity contribution in [3.8, 4) is 0 Å². The summed E-state index contributed by atoms with van der Waals surface area (Å²) in [6.45, 7) is 5.78. The number of carboxylic acids is 1. The average molecular weight is 278 g/mol. The zero-order valence-corrected chi connectivity index (χ0v) is 12.1. The third kappa shape index (κ3) is 4.91. The molecule has 1 aromatic carbocycles. The number of hydrogen-bond acceptors (Lipinski definition) is 2. The van der Waals surface area contributed by atoms with Crippen LogP contribution in [0.2, 0.25) is 0 Å². The van der Waals surface area contributed by atoms with E-state index in [2.05, 4.69) is 12.2 Å². The number of carbonyl (C=O) groups excluding carboxylic acids is 1. The summed E-state index contributed by atoms with van der Waals surface area (Å²) in [7, 11) is 0. The van der Waals surface area contributed by atoms with Crippen molar-refractivity contribution in [1.82, 2.24) is 10.2 Å². The van der Waals surface area contributed by atoms with E-state index in [0.29, 0.717) is 13.1 Å². The fourth-order valence-electron chi connectivity index (χ4n) is 1.86. The molecule has 0 aliphatic rings. The molecule has 0 aliphatic carbocycles. The van der Waals surface area contributed by atoms with Gasteiger partial charge < -0.3 is 15.3 Å². The molecule has 110 valence electrons. The predicted molar refractivity (Wildman–Crippen MR) is 77.8 cm³/mol. The van der Waals surface area contributed by atoms with E-state index >= 15 is 0 Å². The first-order valence-corrected chi connectivity index (χ1v) is 6.93. The molecule has 20 heavy (non-hydrogen) atoms. The molecule has 0 unspecified atom stereocenters. The molecule has 0 aliphatic heterocycles. The van der Waals surface area contributed by atoms with E-state index in [4.69, 9.17) is 5.11 Å². The first-order valence-electron chi connectivity index (χ1n) is 6.93. The minimum absolute atomic E-state index is 0.110. The van der Waals surface area contributed by atoms with Crippen molar-refractivity contribution in [3.63, 3.8) is 0 Å². The van der Waals surface area contributed by atoms with Gasteiger partial charge in [-0.15, -0.1) is 0 Å². The number of aromatic carboxylic acids is 1. The Bertz CT molecular complexity index is 460. The summed E-state index contributed by atoms with van der Waals surface area (Å²) >= 11 is 0. The van der Waals surface area contributed by atoms with Crippen LogP contribution in [0.1, 0.15) is 42.6 Å². The lowest BCUT2D eigenvalue weighted by Gasteiger charge is -2.21. The number of carboxylic acid groups (broad SMARTS) is 1. The van der Waals surface area contributed by atoms with Crippen LogP contribution >= 0.6 is 0 Å². The van der Waals surface area contributed by atoms with Gasteiger partial charge in [0.1, 0.15) is 0 Å². The highest BCUT2D eigenvalue weighted by Gasteiger charge is 2.10. The van der Waals surface area contributed by atoms with Crippen LogP contribution in [-0.2, 0) is 6.54 Å². The van der Waals surface area contributed by atoms with Gasteiger partial charge in [-0.1, -0.05) is 25.5 Å². The average Bonchev–Trinajstić information content (AvgIpc) is 2.46. The third-order valence-corrected chi connectivity index (χ3v) is 3.07. The maximum atomic E-state index is 12.0. The molecule has 2 amide bonds. The Morgan fingerprint density at radius 2 is 2.05 bits per heavy atom. The van der Waals surface area contributed by atoms with Crippen molar-refractivity contribution in [2.45, 2.75) is 33.2 Å². The van der Waals surface area contributed by atoms with Crippen molar-refractivity contribution >= 4 is 12.0 Å². The molecule has 0 aromatic heterocycles.